The summed E-state index contributed by atoms with van der Waals surface area (Å²) in [7, 11) is -2.98. The number of pyridine rings is 1. The number of ether oxygens (including phenoxy) is 3. The Bertz CT molecular complexity index is 2050. The first-order chi connectivity index (χ1) is 27.0. The zero-order valence-electron chi connectivity index (χ0n) is 32.4. The lowest BCUT2D eigenvalue weighted by molar-refractivity contribution is -0.174. The summed E-state index contributed by atoms with van der Waals surface area (Å²) >= 11 is 6.22. The lowest BCUT2D eigenvalue weighted by atomic mass is 9.59. The Labute approximate surface area is 337 Å². The third kappa shape index (κ3) is 9.23. The van der Waals surface area contributed by atoms with Crippen molar-refractivity contribution >= 4 is 39.3 Å². The molecule has 1 N–H and O–H groups in total. The van der Waals surface area contributed by atoms with E-state index in [-0.39, 0.29) is 67.0 Å². The number of alkyl halides is 3. The summed E-state index contributed by atoms with van der Waals surface area (Å²) in [6, 6.07) is 13.2. The number of aryl methyl sites for hydroxylation is 1. The number of carbonyl (C=O) groups is 2. The molecule has 3 atom stereocenters. The molecule has 57 heavy (non-hydrogen) atoms. The number of hydrogen-bond acceptors (Lipinski definition) is 8. The van der Waals surface area contributed by atoms with Gasteiger partial charge in [-0.25, -0.2) is 4.79 Å². The van der Waals surface area contributed by atoms with Crippen molar-refractivity contribution in [1.82, 2.24) is 4.98 Å². The lowest BCUT2D eigenvalue weighted by Crippen LogP contribution is -2.63. The maximum Gasteiger partial charge on any atom is 0.471 e. The Morgan fingerprint density at radius 2 is 1.82 bits per heavy atom. The molecular formula is C42H50ClF3N2O8S. The molecule has 3 aliphatic carbocycles. The Kier molecular flexibility index (Phi) is 12.9. The zero-order chi connectivity index (χ0) is 41.2. The number of carbonyl (C=O) groups excluding carboxylic acids is 2. The van der Waals surface area contributed by atoms with Gasteiger partial charge in [0.2, 0.25) is 0 Å². The molecule has 0 saturated heterocycles. The van der Waals surface area contributed by atoms with Gasteiger partial charge in [-0.05, 0) is 141 Å². The van der Waals surface area contributed by atoms with Crippen molar-refractivity contribution in [3.8, 4) is 11.5 Å². The first kappa shape index (κ1) is 42.7. The Morgan fingerprint density at radius 1 is 1.07 bits per heavy atom. The highest BCUT2D eigenvalue weighted by atomic mass is 35.5. The fourth-order valence-electron chi connectivity index (χ4n) is 9.50. The summed E-state index contributed by atoms with van der Waals surface area (Å²) < 4.78 is 92.4. The first-order valence-corrected chi connectivity index (χ1v) is 21.5. The molecule has 3 aromatic rings. The fraction of sp³-hybridized carbons (Fsp3) is 0.548. The van der Waals surface area contributed by atoms with Crippen molar-refractivity contribution in [3.05, 3.63) is 82.1 Å². The molecule has 0 aliphatic heterocycles. The maximum atomic E-state index is 14.4. The predicted molar refractivity (Wildman–Crippen MR) is 210 cm³/mol. The molecule has 2 aromatic carbocycles. The van der Waals surface area contributed by atoms with Gasteiger partial charge in [0.1, 0.15) is 17.0 Å². The van der Waals surface area contributed by atoms with Crippen LogP contribution in [0.4, 0.5) is 18.9 Å². The van der Waals surface area contributed by atoms with E-state index in [1.54, 1.807) is 6.20 Å². The van der Waals surface area contributed by atoms with E-state index in [1.165, 1.54) is 24.3 Å². The Balaban J connectivity index is 1.31. The number of unbranched alkanes of at least 4 members (excludes halogenated alkanes) is 1. The molecule has 1 aromatic heterocycles. The van der Waals surface area contributed by atoms with Gasteiger partial charge in [0, 0.05) is 28.2 Å². The van der Waals surface area contributed by atoms with Crippen LogP contribution in [-0.4, -0.2) is 67.6 Å². The second kappa shape index (κ2) is 17.1. The average molecular weight is 835 g/mol. The molecule has 0 unspecified atom stereocenters. The molecule has 15 heteroatoms. The minimum Gasteiger partial charge on any atom is -0.494 e. The van der Waals surface area contributed by atoms with Crippen molar-refractivity contribution in [3.63, 3.8) is 0 Å². The van der Waals surface area contributed by atoms with Crippen molar-refractivity contribution in [2.75, 3.05) is 31.0 Å². The van der Waals surface area contributed by atoms with Crippen LogP contribution < -0.4 is 14.4 Å². The third-order valence-corrected chi connectivity index (χ3v) is 13.2. The topological polar surface area (TPSA) is 132 Å². The molecule has 1 spiro atoms. The Hall–Kier alpha value is -3.88. The van der Waals surface area contributed by atoms with Gasteiger partial charge in [-0.2, -0.15) is 21.6 Å². The van der Waals surface area contributed by atoms with E-state index in [9.17, 15) is 31.2 Å². The van der Waals surface area contributed by atoms with Crippen LogP contribution in [-0.2, 0) is 42.7 Å². The number of aromatic nitrogens is 1. The van der Waals surface area contributed by atoms with E-state index in [1.807, 2.05) is 24.3 Å². The number of anilines is 1. The van der Waals surface area contributed by atoms with Gasteiger partial charge in [0.05, 0.1) is 26.1 Å². The number of amides is 1. The first-order valence-electron chi connectivity index (χ1n) is 19.5. The fourth-order valence-corrected chi connectivity index (χ4v) is 10.3. The highest BCUT2D eigenvalue weighted by Gasteiger charge is 2.60. The van der Waals surface area contributed by atoms with Gasteiger partial charge in [-0.15, -0.1) is 0 Å². The van der Waals surface area contributed by atoms with Gasteiger partial charge >= 0.3 is 18.1 Å². The number of nitrogens with zero attached hydrogens (tertiary/aromatic N) is 2. The minimum atomic E-state index is -5.30. The van der Waals surface area contributed by atoms with Crippen LogP contribution in [0.25, 0.3) is 0 Å². The summed E-state index contributed by atoms with van der Waals surface area (Å²) in [4.78, 5) is 32.3. The lowest BCUT2D eigenvalue weighted by Gasteiger charge is -2.51. The normalized spacial score (nSPS) is 23.6. The molecule has 3 aliphatic rings. The molecule has 10 nitrogen and oxygen atoms in total. The van der Waals surface area contributed by atoms with Crippen LogP contribution in [0.3, 0.4) is 0 Å². The monoisotopic (exact) mass is 834 g/mol. The van der Waals surface area contributed by atoms with E-state index in [2.05, 4.69) is 18.8 Å². The summed E-state index contributed by atoms with van der Waals surface area (Å²) in [5.74, 6) is -1.68. The molecule has 1 fully saturated rings. The minimum absolute atomic E-state index is 0.00923. The average Bonchev–Trinajstić information content (AvgIpc) is 3.44. The van der Waals surface area contributed by atoms with Gasteiger partial charge in [0.25, 0.3) is 10.1 Å². The van der Waals surface area contributed by atoms with Crippen LogP contribution in [0.1, 0.15) is 99.9 Å². The number of esters is 1. The quantitative estimate of drug-likeness (QED) is 0.0962. The van der Waals surface area contributed by atoms with Crippen molar-refractivity contribution in [1.29, 1.82) is 0 Å². The highest BCUT2D eigenvalue weighted by Crippen LogP contribution is 2.58. The van der Waals surface area contributed by atoms with Gasteiger partial charge < -0.3 is 14.2 Å². The number of rotatable bonds is 14. The number of benzene rings is 2. The second-order valence-electron chi connectivity index (χ2n) is 16.0. The summed E-state index contributed by atoms with van der Waals surface area (Å²) in [5, 5.41) is 0.105. The SMILES string of the molecule is COC(=O)C1(N(C(=O)C(F)(F)F)c2cccc(Cl)c2)CCC2(CC1)c1cc(OCCCCS(=O)(=O)O)ccc1C[C@@H]2C[C@@H](C)COc1ccnc2c1[C@H](C)CCC2. The van der Waals surface area contributed by atoms with E-state index in [0.29, 0.717) is 42.4 Å². The van der Waals surface area contributed by atoms with E-state index in [0.717, 1.165) is 54.5 Å². The van der Waals surface area contributed by atoms with Crippen LogP contribution in [0.5, 0.6) is 11.5 Å². The predicted octanol–water partition coefficient (Wildman–Crippen LogP) is 8.82. The maximum absolute atomic E-state index is 14.4. The van der Waals surface area contributed by atoms with Gasteiger partial charge in [0.15, 0.2) is 0 Å². The van der Waals surface area contributed by atoms with E-state index in [4.69, 9.17) is 30.4 Å². The van der Waals surface area contributed by atoms with Crippen molar-refractivity contribution in [2.24, 2.45) is 11.8 Å². The summed E-state index contributed by atoms with van der Waals surface area (Å²) in [6.45, 7) is 4.97. The molecule has 310 valence electrons. The molecule has 0 bridgehead atoms. The van der Waals surface area contributed by atoms with Crippen LogP contribution in [0.2, 0.25) is 5.02 Å². The molecule has 0 radical (unpaired) electrons. The number of methoxy groups -OCH3 is 1. The van der Waals surface area contributed by atoms with E-state index < -0.39 is 39.1 Å². The molecule has 1 saturated carbocycles. The zero-order valence-corrected chi connectivity index (χ0v) is 34.0. The molecule has 1 heterocycles. The number of fused-ring (bicyclic) bond motifs is 3. The van der Waals surface area contributed by atoms with Crippen LogP contribution >= 0.6 is 11.6 Å². The van der Waals surface area contributed by atoms with E-state index >= 15 is 0 Å². The smallest absolute Gasteiger partial charge is 0.471 e. The van der Waals surface area contributed by atoms with Crippen LogP contribution in [0, 0.1) is 11.8 Å². The molecular weight excluding hydrogens is 785 g/mol. The summed E-state index contributed by atoms with van der Waals surface area (Å²) in [5.41, 5.74) is 1.55. The standard InChI is InChI=1S/C42H50ClF3N2O8S/c1-27(26-56-36-14-19-47-35-11-6-8-28(2)37(35)36)22-30-23-29-12-13-33(55-20-4-5-21-57(51,52)53)25-34(29)40(30)15-17-41(18-16-40,39(50)54-3)48(38(49)42(44,45)46)32-10-7-9-31(43)24-32/h7,9-10,12-14,19,24-25,27-28,30H,4-6,8,11,15-18,20-23,26H2,1-3H3,(H,51,52,53)/t27-,28-,30+,40?,41?/m1/s1. The second-order valence-corrected chi connectivity index (χ2v) is 18.0. The number of halogens is 4. The highest BCUT2D eigenvalue weighted by molar-refractivity contribution is 7.85. The summed E-state index contributed by atoms with van der Waals surface area (Å²) in [6.07, 6.45) is 1.87. The molecule has 6 rings (SSSR count). The van der Waals surface area contributed by atoms with Crippen LogP contribution in [0.15, 0.2) is 54.7 Å². The Morgan fingerprint density at radius 3 is 2.51 bits per heavy atom. The van der Waals surface area contributed by atoms with Gasteiger partial charge in [-0.3, -0.25) is 19.2 Å². The van der Waals surface area contributed by atoms with Crippen molar-refractivity contribution in [2.45, 2.75) is 108 Å². The number of hydrogen-bond donors (Lipinski definition) is 1. The van der Waals surface area contributed by atoms with Crippen molar-refractivity contribution < 1.29 is 49.9 Å². The largest absolute Gasteiger partial charge is 0.494 e. The third-order valence-electron chi connectivity index (χ3n) is 12.2. The molecule has 1 amide bonds. The van der Waals surface area contributed by atoms with Gasteiger partial charge in [-0.1, -0.05) is 37.6 Å².